The second kappa shape index (κ2) is 7.72. The first kappa shape index (κ1) is 18.0. The number of methoxy groups -OCH3 is 1. The summed E-state index contributed by atoms with van der Waals surface area (Å²) >= 11 is 1.74. The van der Waals surface area contributed by atoms with Gasteiger partial charge in [0.05, 0.1) is 18.2 Å². The third-order valence-corrected chi connectivity index (χ3v) is 6.58. The number of amides is 1. The zero-order valence-electron chi connectivity index (χ0n) is 15.3. The predicted octanol–water partition coefficient (Wildman–Crippen LogP) is 4.11. The largest absolute Gasteiger partial charge is 0.465 e. The van der Waals surface area contributed by atoms with Crippen molar-refractivity contribution in [3.63, 3.8) is 0 Å². The van der Waals surface area contributed by atoms with Crippen LogP contribution in [0.1, 0.15) is 52.0 Å². The van der Waals surface area contributed by atoms with E-state index in [-0.39, 0.29) is 11.9 Å². The molecule has 0 saturated heterocycles. The number of pyridine rings is 1. The van der Waals surface area contributed by atoms with Gasteiger partial charge in [0.15, 0.2) is 0 Å². The third kappa shape index (κ3) is 3.58. The van der Waals surface area contributed by atoms with E-state index in [4.69, 9.17) is 4.74 Å². The van der Waals surface area contributed by atoms with E-state index in [1.807, 2.05) is 24.3 Å². The molecule has 1 aromatic heterocycles. The molecule has 5 nitrogen and oxygen atoms in total. The molecule has 27 heavy (non-hydrogen) atoms. The van der Waals surface area contributed by atoms with Crippen LogP contribution in [-0.2, 0) is 11.2 Å². The maximum atomic E-state index is 13.3. The van der Waals surface area contributed by atoms with Crippen LogP contribution >= 0.6 is 11.8 Å². The Bertz CT molecular complexity index is 877. The van der Waals surface area contributed by atoms with Crippen LogP contribution in [0.3, 0.4) is 0 Å². The van der Waals surface area contributed by atoms with Crippen molar-refractivity contribution < 1.29 is 14.3 Å². The van der Waals surface area contributed by atoms with Crippen LogP contribution in [-0.4, -0.2) is 35.8 Å². The molecule has 0 unspecified atom stereocenters. The lowest BCUT2D eigenvalue weighted by Gasteiger charge is -2.19. The Morgan fingerprint density at radius 1 is 1.22 bits per heavy atom. The number of carbonyl (C=O) groups excluding carboxylic acids is 2. The van der Waals surface area contributed by atoms with Gasteiger partial charge in [-0.1, -0.05) is 12.8 Å². The van der Waals surface area contributed by atoms with Crippen molar-refractivity contribution in [1.82, 2.24) is 4.98 Å². The third-order valence-electron chi connectivity index (χ3n) is 5.22. The molecular weight excluding hydrogens is 360 g/mol. The van der Waals surface area contributed by atoms with E-state index in [1.54, 1.807) is 28.9 Å². The number of benzene rings is 1. The summed E-state index contributed by atoms with van der Waals surface area (Å²) in [5, 5.41) is 1.38. The minimum absolute atomic E-state index is 0.0202. The van der Waals surface area contributed by atoms with Gasteiger partial charge in [0.1, 0.15) is 5.03 Å². The zero-order valence-corrected chi connectivity index (χ0v) is 16.1. The highest BCUT2D eigenvalue weighted by atomic mass is 32.2. The molecule has 0 bridgehead atoms. The minimum Gasteiger partial charge on any atom is -0.465 e. The monoisotopic (exact) mass is 382 g/mol. The van der Waals surface area contributed by atoms with Gasteiger partial charge in [-0.3, -0.25) is 4.79 Å². The molecule has 1 amide bonds. The number of hydrogen-bond acceptors (Lipinski definition) is 5. The molecule has 1 fully saturated rings. The summed E-state index contributed by atoms with van der Waals surface area (Å²) in [6, 6.07) is 9.07. The van der Waals surface area contributed by atoms with Gasteiger partial charge in [-0.05, 0) is 55.2 Å². The quantitative estimate of drug-likeness (QED) is 0.745. The minimum atomic E-state index is -0.356. The lowest BCUT2D eigenvalue weighted by atomic mass is 10.1. The first-order chi connectivity index (χ1) is 13.2. The molecule has 140 valence electrons. The molecule has 2 heterocycles. The summed E-state index contributed by atoms with van der Waals surface area (Å²) in [6.45, 7) is 0.612. The molecule has 0 atom stereocenters. The highest BCUT2D eigenvalue weighted by Gasteiger charge is 2.29. The number of aromatic nitrogens is 1. The smallest absolute Gasteiger partial charge is 0.337 e. The van der Waals surface area contributed by atoms with Crippen LogP contribution in [0.4, 0.5) is 5.69 Å². The van der Waals surface area contributed by atoms with Crippen molar-refractivity contribution in [2.75, 3.05) is 18.6 Å². The fraction of sp³-hybridized carbons (Fsp3) is 0.381. The average Bonchev–Trinajstić information content (AvgIpc) is 3.36. The SMILES string of the molecule is COC(=O)c1ccc2c(c1)CCN2C(=O)c1cccnc1SC1CCCC1. The molecular formula is C21H22N2O3S. The normalized spacial score (nSPS) is 16.4. The van der Waals surface area contributed by atoms with Gasteiger partial charge in [0, 0.05) is 23.7 Å². The lowest BCUT2D eigenvalue weighted by molar-refractivity contribution is 0.0600. The topological polar surface area (TPSA) is 59.5 Å². The van der Waals surface area contributed by atoms with Crippen molar-refractivity contribution in [3.8, 4) is 0 Å². The molecule has 6 heteroatoms. The Kier molecular flexibility index (Phi) is 5.16. The van der Waals surface area contributed by atoms with Crippen LogP contribution < -0.4 is 4.90 Å². The van der Waals surface area contributed by atoms with Gasteiger partial charge in [0.25, 0.3) is 5.91 Å². The molecule has 0 radical (unpaired) electrons. The van der Waals surface area contributed by atoms with E-state index < -0.39 is 0 Å². The Labute approximate surface area is 163 Å². The number of anilines is 1. The predicted molar refractivity (Wildman–Crippen MR) is 106 cm³/mol. The maximum absolute atomic E-state index is 13.3. The Morgan fingerprint density at radius 2 is 2.04 bits per heavy atom. The molecule has 1 aliphatic carbocycles. The van der Waals surface area contributed by atoms with Gasteiger partial charge in [-0.15, -0.1) is 11.8 Å². The summed E-state index contributed by atoms with van der Waals surface area (Å²) in [5.74, 6) is -0.377. The lowest BCUT2D eigenvalue weighted by Crippen LogP contribution is -2.29. The number of ether oxygens (including phenoxy) is 1. The van der Waals surface area contributed by atoms with E-state index >= 15 is 0 Å². The average molecular weight is 382 g/mol. The van der Waals surface area contributed by atoms with Gasteiger partial charge in [0.2, 0.25) is 0 Å². The fourth-order valence-electron chi connectivity index (χ4n) is 3.81. The summed E-state index contributed by atoms with van der Waals surface area (Å²) in [5.41, 5.74) is 3.05. The summed E-state index contributed by atoms with van der Waals surface area (Å²) in [6.07, 6.45) is 7.40. The van der Waals surface area contributed by atoms with Crippen LogP contribution in [0.15, 0.2) is 41.6 Å². The summed E-state index contributed by atoms with van der Waals surface area (Å²) < 4.78 is 4.79. The standard InChI is InChI=1S/C21H22N2O3S/c1-26-21(25)15-8-9-18-14(13-15)10-12-23(18)20(24)17-7-4-11-22-19(17)27-16-5-2-3-6-16/h4,7-9,11,13,16H,2-3,5-6,10,12H2,1H3. The molecule has 4 rings (SSSR count). The Balaban J connectivity index is 1.59. The van der Waals surface area contributed by atoms with E-state index in [0.717, 1.165) is 22.7 Å². The number of esters is 1. The van der Waals surface area contributed by atoms with E-state index in [1.165, 1.54) is 32.8 Å². The molecule has 2 aromatic rings. The number of fused-ring (bicyclic) bond motifs is 1. The second-order valence-corrected chi connectivity index (χ2v) is 8.21. The van der Waals surface area contributed by atoms with E-state index in [9.17, 15) is 9.59 Å². The number of rotatable bonds is 4. The first-order valence-electron chi connectivity index (χ1n) is 9.32. The van der Waals surface area contributed by atoms with Gasteiger partial charge >= 0.3 is 5.97 Å². The van der Waals surface area contributed by atoms with Crippen molar-refractivity contribution >= 4 is 29.3 Å². The van der Waals surface area contributed by atoms with E-state index in [0.29, 0.717) is 22.9 Å². The molecule has 1 saturated carbocycles. The molecule has 1 aliphatic heterocycles. The number of hydrogen-bond donors (Lipinski definition) is 0. The Hall–Kier alpha value is -2.34. The Morgan fingerprint density at radius 3 is 2.81 bits per heavy atom. The second-order valence-electron chi connectivity index (χ2n) is 6.92. The highest BCUT2D eigenvalue weighted by molar-refractivity contribution is 7.99. The van der Waals surface area contributed by atoms with Gasteiger partial charge in [-0.25, -0.2) is 9.78 Å². The summed E-state index contributed by atoms with van der Waals surface area (Å²) in [7, 11) is 1.37. The van der Waals surface area contributed by atoms with Gasteiger partial charge < -0.3 is 9.64 Å². The number of nitrogens with zero attached hydrogens (tertiary/aromatic N) is 2. The van der Waals surface area contributed by atoms with Crippen molar-refractivity contribution in [2.24, 2.45) is 0 Å². The van der Waals surface area contributed by atoms with E-state index in [2.05, 4.69) is 4.98 Å². The molecule has 1 aromatic carbocycles. The zero-order chi connectivity index (χ0) is 18.8. The van der Waals surface area contributed by atoms with Crippen molar-refractivity contribution in [3.05, 3.63) is 53.2 Å². The van der Waals surface area contributed by atoms with Crippen LogP contribution in [0.5, 0.6) is 0 Å². The molecule has 0 spiro atoms. The van der Waals surface area contributed by atoms with Crippen molar-refractivity contribution in [2.45, 2.75) is 42.4 Å². The van der Waals surface area contributed by atoms with Crippen LogP contribution in [0.25, 0.3) is 0 Å². The van der Waals surface area contributed by atoms with Crippen molar-refractivity contribution in [1.29, 1.82) is 0 Å². The summed E-state index contributed by atoms with van der Waals surface area (Å²) in [4.78, 5) is 31.3. The number of thioether (sulfide) groups is 1. The van der Waals surface area contributed by atoms with Crippen LogP contribution in [0.2, 0.25) is 0 Å². The number of carbonyl (C=O) groups is 2. The van der Waals surface area contributed by atoms with Crippen LogP contribution in [0, 0.1) is 0 Å². The first-order valence-corrected chi connectivity index (χ1v) is 10.2. The van der Waals surface area contributed by atoms with Gasteiger partial charge in [-0.2, -0.15) is 0 Å². The maximum Gasteiger partial charge on any atom is 0.337 e. The molecule has 2 aliphatic rings. The fourth-order valence-corrected chi connectivity index (χ4v) is 5.10. The highest BCUT2D eigenvalue weighted by Crippen LogP contribution is 2.37. The molecule has 0 N–H and O–H groups in total.